The SMILES string of the molecule is COCCC(C)NCc1c[nH]c2ccccc12. The molecule has 1 atom stereocenters. The third-order valence-electron chi connectivity index (χ3n) is 3.07. The van der Waals surface area contributed by atoms with E-state index in [9.17, 15) is 0 Å². The van der Waals surface area contributed by atoms with Gasteiger partial charge in [0.15, 0.2) is 0 Å². The number of methoxy groups -OCH3 is 1. The Bertz CT molecular complexity index is 464. The van der Waals surface area contributed by atoms with Crippen LogP contribution in [0.4, 0.5) is 0 Å². The Kier molecular flexibility index (Phi) is 4.18. The Morgan fingerprint density at radius 1 is 1.35 bits per heavy atom. The van der Waals surface area contributed by atoms with Crippen LogP contribution >= 0.6 is 0 Å². The molecule has 3 nitrogen and oxygen atoms in total. The fraction of sp³-hybridized carbons (Fsp3) is 0.429. The van der Waals surface area contributed by atoms with Gasteiger partial charge in [0, 0.05) is 43.4 Å². The number of fused-ring (bicyclic) bond motifs is 1. The highest BCUT2D eigenvalue weighted by Crippen LogP contribution is 2.17. The first-order chi connectivity index (χ1) is 8.31. The van der Waals surface area contributed by atoms with E-state index in [1.54, 1.807) is 7.11 Å². The highest BCUT2D eigenvalue weighted by Gasteiger charge is 2.05. The average molecular weight is 232 g/mol. The number of rotatable bonds is 6. The lowest BCUT2D eigenvalue weighted by Crippen LogP contribution is -2.26. The number of para-hydroxylation sites is 1. The molecule has 0 fully saturated rings. The Morgan fingerprint density at radius 2 is 2.18 bits per heavy atom. The van der Waals surface area contributed by atoms with Gasteiger partial charge in [0.05, 0.1) is 0 Å². The zero-order valence-corrected chi connectivity index (χ0v) is 10.5. The molecule has 2 aromatic rings. The fourth-order valence-electron chi connectivity index (χ4n) is 1.96. The first-order valence-corrected chi connectivity index (χ1v) is 6.08. The van der Waals surface area contributed by atoms with Crippen molar-refractivity contribution in [1.82, 2.24) is 10.3 Å². The number of hydrogen-bond acceptors (Lipinski definition) is 2. The van der Waals surface area contributed by atoms with E-state index in [-0.39, 0.29) is 0 Å². The topological polar surface area (TPSA) is 37.0 Å². The van der Waals surface area contributed by atoms with Gasteiger partial charge in [0.25, 0.3) is 0 Å². The van der Waals surface area contributed by atoms with Crippen molar-refractivity contribution in [1.29, 1.82) is 0 Å². The molecule has 1 unspecified atom stereocenters. The normalized spacial score (nSPS) is 13.1. The molecule has 0 saturated carbocycles. The predicted octanol–water partition coefficient (Wildman–Crippen LogP) is 2.68. The van der Waals surface area contributed by atoms with Crippen LogP contribution in [0.25, 0.3) is 10.9 Å². The molecule has 0 amide bonds. The van der Waals surface area contributed by atoms with E-state index < -0.39 is 0 Å². The summed E-state index contributed by atoms with van der Waals surface area (Å²) in [7, 11) is 1.74. The van der Waals surface area contributed by atoms with Crippen molar-refractivity contribution >= 4 is 10.9 Å². The van der Waals surface area contributed by atoms with E-state index in [0.717, 1.165) is 19.6 Å². The monoisotopic (exact) mass is 232 g/mol. The number of nitrogens with one attached hydrogen (secondary N) is 2. The molecule has 3 heteroatoms. The fourth-order valence-corrected chi connectivity index (χ4v) is 1.96. The van der Waals surface area contributed by atoms with Crippen molar-refractivity contribution < 1.29 is 4.74 Å². The second-order valence-corrected chi connectivity index (χ2v) is 4.42. The second-order valence-electron chi connectivity index (χ2n) is 4.42. The Balaban J connectivity index is 1.95. The van der Waals surface area contributed by atoms with E-state index in [4.69, 9.17) is 4.74 Å². The van der Waals surface area contributed by atoms with Crippen LogP contribution in [0, 0.1) is 0 Å². The van der Waals surface area contributed by atoms with Gasteiger partial charge in [0.1, 0.15) is 0 Å². The van der Waals surface area contributed by atoms with E-state index in [1.165, 1.54) is 16.5 Å². The molecule has 1 heterocycles. The summed E-state index contributed by atoms with van der Waals surface area (Å²) in [6.45, 7) is 3.89. The standard InChI is InChI=1S/C14H20N2O/c1-11(7-8-17-2)15-9-12-10-16-14-6-4-3-5-13(12)14/h3-6,10-11,15-16H,7-9H2,1-2H3. The zero-order valence-electron chi connectivity index (χ0n) is 10.5. The molecular weight excluding hydrogens is 212 g/mol. The van der Waals surface area contributed by atoms with Crippen LogP contribution in [0.1, 0.15) is 18.9 Å². The van der Waals surface area contributed by atoms with Gasteiger partial charge in [0.2, 0.25) is 0 Å². The molecule has 0 spiro atoms. The van der Waals surface area contributed by atoms with E-state index in [0.29, 0.717) is 6.04 Å². The van der Waals surface area contributed by atoms with Gasteiger partial charge in [-0.2, -0.15) is 0 Å². The van der Waals surface area contributed by atoms with Gasteiger partial charge in [-0.15, -0.1) is 0 Å². The van der Waals surface area contributed by atoms with E-state index in [2.05, 4.69) is 47.7 Å². The van der Waals surface area contributed by atoms with Crippen LogP contribution < -0.4 is 5.32 Å². The van der Waals surface area contributed by atoms with Gasteiger partial charge < -0.3 is 15.0 Å². The summed E-state index contributed by atoms with van der Waals surface area (Å²) in [5.74, 6) is 0. The smallest absolute Gasteiger partial charge is 0.0476 e. The molecule has 1 aromatic heterocycles. The quantitative estimate of drug-likeness (QED) is 0.803. The van der Waals surface area contributed by atoms with Crippen molar-refractivity contribution in [2.24, 2.45) is 0 Å². The van der Waals surface area contributed by atoms with Crippen molar-refractivity contribution in [3.8, 4) is 0 Å². The molecule has 1 aromatic carbocycles. The number of aromatic amines is 1. The van der Waals surface area contributed by atoms with E-state index in [1.807, 2.05) is 0 Å². The van der Waals surface area contributed by atoms with Gasteiger partial charge >= 0.3 is 0 Å². The molecule has 92 valence electrons. The summed E-state index contributed by atoms with van der Waals surface area (Å²) in [5.41, 5.74) is 2.53. The van der Waals surface area contributed by atoms with Crippen LogP contribution in [-0.2, 0) is 11.3 Å². The van der Waals surface area contributed by atoms with Crippen molar-refractivity contribution in [3.63, 3.8) is 0 Å². The van der Waals surface area contributed by atoms with Gasteiger partial charge in [-0.25, -0.2) is 0 Å². The summed E-state index contributed by atoms with van der Waals surface area (Å²) >= 11 is 0. The van der Waals surface area contributed by atoms with Crippen molar-refractivity contribution in [2.45, 2.75) is 25.9 Å². The number of benzene rings is 1. The summed E-state index contributed by atoms with van der Waals surface area (Å²) < 4.78 is 5.07. The summed E-state index contributed by atoms with van der Waals surface area (Å²) in [4.78, 5) is 3.29. The molecule has 0 aliphatic carbocycles. The van der Waals surface area contributed by atoms with Gasteiger partial charge in [-0.05, 0) is 25.0 Å². The highest BCUT2D eigenvalue weighted by atomic mass is 16.5. The second kappa shape index (κ2) is 5.84. The van der Waals surface area contributed by atoms with Crippen LogP contribution in [0.3, 0.4) is 0 Å². The lowest BCUT2D eigenvalue weighted by atomic mass is 10.1. The van der Waals surface area contributed by atoms with Crippen LogP contribution in [0.5, 0.6) is 0 Å². The Morgan fingerprint density at radius 3 is 3.00 bits per heavy atom. The minimum Gasteiger partial charge on any atom is -0.385 e. The molecule has 0 bridgehead atoms. The van der Waals surface area contributed by atoms with Crippen LogP contribution in [-0.4, -0.2) is 24.7 Å². The lowest BCUT2D eigenvalue weighted by Gasteiger charge is -2.12. The highest BCUT2D eigenvalue weighted by molar-refractivity contribution is 5.82. The average Bonchev–Trinajstić information content (AvgIpc) is 2.77. The molecule has 0 radical (unpaired) electrons. The first-order valence-electron chi connectivity index (χ1n) is 6.08. The van der Waals surface area contributed by atoms with Crippen molar-refractivity contribution in [3.05, 3.63) is 36.0 Å². The molecule has 2 rings (SSSR count). The van der Waals surface area contributed by atoms with Gasteiger partial charge in [-0.3, -0.25) is 0 Å². The summed E-state index contributed by atoms with van der Waals surface area (Å²) in [6.07, 6.45) is 3.12. The maximum absolute atomic E-state index is 5.07. The third-order valence-corrected chi connectivity index (χ3v) is 3.07. The third kappa shape index (κ3) is 3.08. The van der Waals surface area contributed by atoms with Crippen molar-refractivity contribution in [2.75, 3.05) is 13.7 Å². The summed E-state index contributed by atoms with van der Waals surface area (Å²) in [6, 6.07) is 8.87. The summed E-state index contributed by atoms with van der Waals surface area (Å²) in [5, 5.41) is 4.82. The Hall–Kier alpha value is -1.32. The van der Waals surface area contributed by atoms with Crippen LogP contribution in [0.2, 0.25) is 0 Å². The molecule has 0 saturated heterocycles. The predicted molar refractivity (Wildman–Crippen MR) is 71.1 cm³/mol. The molecular formula is C14H20N2O. The van der Waals surface area contributed by atoms with E-state index >= 15 is 0 Å². The minimum atomic E-state index is 0.476. The maximum Gasteiger partial charge on any atom is 0.0476 e. The number of H-pyrrole nitrogens is 1. The molecule has 0 aliphatic heterocycles. The number of aromatic nitrogens is 1. The molecule has 2 N–H and O–H groups in total. The van der Waals surface area contributed by atoms with Gasteiger partial charge in [-0.1, -0.05) is 18.2 Å². The Labute approximate surface area is 102 Å². The number of ether oxygens (including phenoxy) is 1. The maximum atomic E-state index is 5.07. The minimum absolute atomic E-state index is 0.476. The van der Waals surface area contributed by atoms with Crippen LogP contribution in [0.15, 0.2) is 30.5 Å². The molecule has 17 heavy (non-hydrogen) atoms. The number of hydrogen-bond donors (Lipinski definition) is 2. The largest absolute Gasteiger partial charge is 0.385 e. The first kappa shape index (κ1) is 12.1. The zero-order chi connectivity index (χ0) is 12.1. The lowest BCUT2D eigenvalue weighted by molar-refractivity contribution is 0.184. The molecule has 0 aliphatic rings.